The Labute approximate surface area is 121 Å². The minimum Gasteiger partial charge on any atom is -0.380 e. The van der Waals surface area contributed by atoms with Crippen molar-refractivity contribution in [2.24, 2.45) is 0 Å². The molecule has 106 valence electrons. The summed E-state index contributed by atoms with van der Waals surface area (Å²) in [4.78, 5) is 7.62. The van der Waals surface area contributed by atoms with E-state index in [1.165, 1.54) is 12.1 Å². The number of nitrogens with one attached hydrogen (secondary N) is 2. The van der Waals surface area contributed by atoms with Gasteiger partial charge in [-0.2, -0.15) is 0 Å². The van der Waals surface area contributed by atoms with E-state index in [4.69, 9.17) is 16.3 Å². The predicted octanol–water partition coefficient (Wildman–Crippen LogP) is 2.92. The maximum absolute atomic E-state index is 13.1. The zero-order valence-electron chi connectivity index (χ0n) is 11.0. The zero-order valence-corrected chi connectivity index (χ0v) is 11.7. The Bertz CT molecular complexity index is 616. The second kappa shape index (κ2) is 5.52. The number of nitrogens with zero attached hydrogens (tertiary/aromatic N) is 1. The van der Waals surface area contributed by atoms with Crippen LogP contribution < -0.4 is 5.32 Å². The Morgan fingerprint density at radius 3 is 3.00 bits per heavy atom. The Morgan fingerprint density at radius 2 is 2.30 bits per heavy atom. The van der Waals surface area contributed by atoms with Gasteiger partial charge in [-0.25, -0.2) is 9.37 Å². The lowest BCUT2D eigenvalue weighted by molar-refractivity contribution is 0.117. The molecule has 1 saturated heterocycles. The molecule has 0 spiro atoms. The topological polar surface area (TPSA) is 49.9 Å². The molecule has 4 nitrogen and oxygen atoms in total. The third-order valence-electron chi connectivity index (χ3n) is 3.57. The van der Waals surface area contributed by atoms with E-state index in [0.717, 1.165) is 30.0 Å². The lowest BCUT2D eigenvalue weighted by Gasteiger charge is -2.07. The van der Waals surface area contributed by atoms with Crippen molar-refractivity contribution in [2.45, 2.75) is 18.6 Å². The Morgan fingerprint density at radius 1 is 1.45 bits per heavy atom. The first-order valence-electron chi connectivity index (χ1n) is 6.44. The second-order valence-electron chi connectivity index (χ2n) is 4.86. The van der Waals surface area contributed by atoms with Crippen molar-refractivity contribution in [1.82, 2.24) is 15.3 Å². The second-order valence-corrected chi connectivity index (χ2v) is 5.27. The van der Waals surface area contributed by atoms with Gasteiger partial charge in [0, 0.05) is 19.2 Å². The number of ether oxygens (including phenoxy) is 1. The molecule has 1 aliphatic heterocycles. The molecule has 1 aliphatic rings. The summed E-state index contributed by atoms with van der Waals surface area (Å²) in [5, 5.41) is 3.72. The molecule has 6 heteroatoms. The molecule has 2 aromatic rings. The molecule has 2 N–H and O–H groups in total. The van der Waals surface area contributed by atoms with Crippen LogP contribution in [0.25, 0.3) is 11.3 Å². The standard InChI is InChI=1S/C14H15ClFN3O/c1-20-9-5-12(17-6-9)14-18-7-13(19-14)10-3-2-8(16)4-11(10)15/h2-4,7,9,12,17H,5-6H2,1H3,(H,18,19). The molecular formula is C14H15ClFN3O. The van der Waals surface area contributed by atoms with Crippen molar-refractivity contribution in [1.29, 1.82) is 0 Å². The molecule has 0 radical (unpaired) electrons. The van der Waals surface area contributed by atoms with Crippen LogP contribution in [-0.4, -0.2) is 29.7 Å². The van der Waals surface area contributed by atoms with Gasteiger partial charge in [0.05, 0.1) is 29.1 Å². The van der Waals surface area contributed by atoms with Gasteiger partial charge in [-0.1, -0.05) is 11.6 Å². The average molecular weight is 296 g/mol. The van der Waals surface area contributed by atoms with Crippen LogP contribution in [-0.2, 0) is 4.74 Å². The highest BCUT2D eigenvalue weighted by molar-refractivity contribution is 6.33. The van der Waals surface area contributed by atoms with Crippen molar-refractivity contribution < 1.29 is 9.13 Å². The highest BCUT2D eigenvalue weighted by atomic mass is 35.5. The summed E-state index contributed by atoms with van der Waals surface area (Å²) in [6.45, 7) is 0.814. The first-order valence-corrected chi connectivity index (χ1v) is 6.81. The van der Waals surface area contributed by atoms with Gasteiger partial charge in [0.25, 0.3) is 0 Å². The molecule has 1 aromatic carbocycles. The average Bonchev–Trinajstić information content (AvgIpc) is 3.07. The summed E-state index contributed by atoms with van der Waals surface area (Å²) < 4.78 is 18.4. The highest BCUT2D eigenvalue weighted by Crippen LogP contribution is 2.29. The van der Waals surface area contributed by atoms with Gasteiger partial charge in [-0.3, -0.25) is 0 Å². The largest absolute Gasteiger partial charge is 0.380 e. The minimum atomic E-state index is -0.348. The van der Waals surface area contributed by atoms with Crippen molar-refractivity contribution in [2.75, 3.05) is 13.7 Å². The molecule has 0 aliphatic carbocycles. The fourth-order valence-corrected chi connectivity index (χ4v) is 2.72. The van der Waals surface area contributed by atoms with Gasteiger partial charge in [0.1, 0.15) is 11.6 Å². The Balaban J connectivity index is 1.83. The van der Waals surface area contributed by atoms with Gasteiger partial charge >= 0.3 is 0 Å². The number of rotatable bonds is 3. The molecule has 3 rings (SSSR count). The lowest BCUT2D eigenvalue weighted by atomic mass is 10.1. The van der Waals surface area contributed by atoms with Gasteiger partial charge in [-0.15, -0.1) is 0 Å². The number of methoxy groups -OCH3 is 1. The van der Waals surface area contributed by atoms with E-state index >= 15 is 0 Å². The smallest absolute Gasteiger partial charge is 0.124 e. The van der Waals surface area contributed by atoms with Crippen molar-refractivity contribution in [3.63, 3.8) is 0 Å². The predicted molar refractivity (Wildman–Crippen MR) is 75.1 cm³/mol. The number of hydrogen-bond acceptors (Lipinski definition) is 3. The molecule has 0 saturated carbocycles. The third kappa shape index (κ3) is 2.57. The van der Waals surface area contributed by atoms with E-state index < -0.39 is 0 Å². The van der Waals surface area contributed by atoms with Crippen LogP contribution >= 0.6 is 11.6 Å². The van der Waals surface area contributed by atoms with E-state index in [2.05, 4.69) is 15.3 Å². The van der Waals surface area contributed by atoms with E-state index in [-0.39, 0.29) is 18.0 Å². The van der Waals surface area contributed by atoms with E-state index in [9.17, 15) is 4.39 Å². The quantitative estimate of drug-likeness (QED) is 0.915. The van der Waals surface area contributed by atoms with Crippen molar-refractivity contribution in [3.8, 4) is 11.3 Å². The first-order chi connectivity index (χ1) is 9.67. The summed E-state index contributed by atoms with van der Waals surface area (Å²) in [6.07, 6.45) is 2.81. The van der Waals surface area contributed by atoms with Crippen LogP contribution in [0.4, 0.5) is 4.39 Å². The fraction of sp³-hybridized carbons (Fsp3) is 0.357. The molecule has 20 heavy (non-hydrogen) atoms. The lowest BCUT2D eigenvalue weighted by Crippen LogP contribution is -2.16. The summed E-state index contributed by atoms with van der Waals surface area (Å²) in [5.74, 6) is 0.499. The van der Waals surface area contributed by atoms with Crippen LogP contribution in [0.2, 0.25) is 5.02 Å². The summed E-state index contributed by atoms with van der Waals surface area (Å²) in [6, 6.07) is 4.48. The maximum atomic E-state index is 13.1. The third-order valence-corrected chi connectivity index (χ3v) is 3.88. The molecular weight excluding hydrogens is 281 g/mol. The molecule has 0 amide bonds. The number of halogens is 2. The number of aromatic amines is 1. The molecule has 1 aromatic heterocycles. The van der Waals surface area contributed by atoms with Crippen molar-refractivity contribution in [3.05, 3.63) is 41.1 Å². The number of benzene rings is 1. The monoisotopic (exact) mass is 295 g/mol. The summed E-state index contributed by atoms with van der Waals surface area (Å²) in [7, 11) is 1.71. The van der Waals surface area contributed by atoms with Gasteiger partial charge < -0.3 is 15.0 Å². The zero-order chi connectivity index (χ0) is 14.1. The number of aromatic nitrogens is 2. The van der Waals surface area contributed by atoms with Crippen LogP contribution in [0.1, 0.15) is 18.3 Å². The van der Waals surface area contributed by atoms with Crippen LogP contribution in [0.15, 0.2) is 24.4 Å². The first kappa shape index (κ1) is 13.5. The number of imidazole rings is 1. The fourth-order valence-electron chi connectivity index (χ4n) is 2.45. The molecule has 2 heterocycles. The molecule has 1 fully saturated rings. The van der Waals surface area contributed by atoms with E-state index in [1.54, 1.807) is 19.4 Å². The van der Waals surface area contributed by atoms with Crippen LogP contribution in [0.5, 0.6) is 0 Å². The Hall–Kier alpha value is -1.43. The van der Waals surface area contributed by atoms with E-state index in [0.29, 0.717) is 5.02 Å². The number of hydrogen-bond donors (Lipinski definition) is 2. The Kier molecular flexibility index (Phi) is 3.74. The van der Waals surface area contributed by atoms with Gasteiger partial charge in [-0.05, 0) is 24.6 Å². The van der Waals surface area contributed by atoms with Gasteiger partial charge in [0.2, 0.25) is 0 Å². The van der Waals surface area contributed by atoms with Crippen molar-refractivity contribution >= 4 is 11.6 Å². The normalized spacial score (nSPS) is 22.4. The minimum absolute atomic E-state index is 0.146. The molecule has 0 bridgehead atoms. The summed E-state index contributed by atoms with van der Waals surface area (Å²) >= 11 is 6.06. The number of H-pyrrole nitrogens is 1. The van der Waals surface area contributed by atoms with Gasteiger partial charge in [0.15, 0.2) is 0 Å². The highest BCUT2D eigenvalue weighted by Gasteiger charge is 2.27. The van der Waals surface area contributed by atoms with E-state index in [1.807, 2.05) is 0 Å². The summed E-state index contributed by atoms with van der Waals surface area (Å²) in [5.41, 5.74) is 1.53. The van der Waals surface area contributed by atoms with Crippen LogP contribution in [0, 0.1) is 5.82 Å². The SMILES string of the molecule is COC1CNC(c2ncc(-c3ccc(F)cc3Cl)[nH]2)C1. The van der Waals surface area contributed by atoms with Crippen LogP contribution in [0.3, 0.4) is 0 Å². The molecule has 2 atom stereocenters. The maximum Gasteiger partial charge on any atom is 0.124 e. The molecule has 2 unspecified atom stereocenters.